The lowest BCUT2D eigenvalue weighted by Crippen LogP contribution is -2.28. The molecule has 1 unspecified atom stereocenters. The molecule has 0 aliphatic carbocycles. The molecule has 0 rings (SSSR count). The third-order valence-electron chi connectivity index (χ3n) is 0.572. The molecular formula is C4H7O2-. The van der Waals surface area contributed by atoms with Crippen molar-refractivity contribution in [3.8, 4) is 0 Å². The predicted molar refractivity (Wildman–Crippen MR) is 20.1 cm³/mol. The lowest BCUT2D eigenvalue weighted by molar-refractivity contribution is -0.397. The van der Waals surface area contributed by atoms with Crippen LogP contribution in [0.2, 0.25) is 0 Å². The average Bonchev–Trinajstić information content (AvgIpc) is 1.36. The molecule has 0 aliphatic heterocycles. The molecule has 0 saturated heterocycles. The van der Waals surface area contributed by atoms with E-state index < -0.39 is 6.10 Å². The van der Waals surface area contributed by atoms with Crippen LogP contribution in [-0.4, -0.2) is 11.9 Å². The van der Waals surface area contributed by atoms with Gasteiger partial charge >= 0.3 is 0 Å². The Labute approximate surface area is 36.8 Å². The van der Waals surface area contributed by atoms with E-state index in [0.717, 1.165) is 0 Å². The molecule has 36 valence electrons. The van der Waals surface area contributed by atoms with Gasteiger partial charge in [0.1, 0.15) is 5.78 Å². The van der Waals surface area contributed by atoms with Gasteiger partial charge in [-0.1, -0.05) is 13.0 Å². The fourth-order valence-corrected chi connectivity index (χ4v) is 0. The molecular weight excluding hydrogens is 80.0 g/mol. The zero-order chi connectivity index (χ0) is 5.15. The van der Waals surface area contributed by atoms with Crippen LogP contribution in [0.1, 0.15) is 13.8 Å². The van der Waals surface area contributed by atoms with Gasteiger partial charge in [0.15, 0.2) is 0 Å². The number of rotatable bonds is 1. The van der Waals surface area contributed by atoms with Gasteiger partial charge in [-0.3, -0.25) is 0 Å². The van der Waals surface area contributed by atoms with E-state index in [2.05, 4.69) is 0 Å². The maximum atomic E-state index is 9.88. The standard InChI is InChI=1S/C4H7O2/c1-3(5)4(2)6/h3H,1-2H3/q-1. The first kappa shape index (κ1) is 5.63. The first-order chi connectivity index (χ1) is 2.64. The quantitative estimate of drug-likeness (QED) is 0.425. The predicted octanol–water partition coefficient (Wildman–Crippen LogP) is -0.676. The summed E-state index contributed by atoms with van der Waals surface area (Å²) in [5.41, 5.74) is 0. The highest BCUT2D eigenvalue weighted by molar-refractivity contribution is 5.79. The van der Waals surface area contributed by atoms with Crippen LogP contribution in [-0.2, 0) is 4.79 Å². The summed E-state index contributed by atoms with van der Waals surface area (Å²) in [5, 5.41) is 9.88. The fraction of sp³-hybridized carbons (Fsp3) is 0.750. The van der Waals surface area contributed by atoms with Crippen LogP contribution in [0.3, 0.4) is 0 Å². The van der Waals surface area contributed by atoms with Gasteiger partial charge in [-0.05, 0) is 6.92 Å². The highest BCUT2D eigenvalue weighted by atomic mass is 16.3. The van der Waals surface area contributed by atoms with Crippen LogP contribution < -0.4 is 5.11 Å². The molecule has 0 spiro atoms. The molecule has 0 fully saturated rings. The molecule has 0 aromatic rings. The van der Waals surface area contributed by atoms with Gasteiger partial charge in [0, 0.05) is 0 Å². The monoisotopic (exact) mass is 87.0 g/mol. The second-order valence-electron chi connectivity index (χ2n) is 1.25. The second-order valence-corrected chi connectivity index (χ2v) is 1.25. The minimum absolute atomic E-state index is 0.296. The van der Waals surface area contributed by atoms with E-state index in [4.69, 9.17) is 0 Å². The van der Waals surface area contributed by atoms with Gasteiger partial charge in [-0.2, -0.15) is 0 Å². The molecule has 0 amide bonds. The molecule has 2 heteroatoms. The number of hydrogen-bond donors (Lipinski definition) is 0. The fourth-order valence-electron chi connectivity index (χ4n) is 0. The van der Waals surface area contributed by atoms with Crippen molar-refractivity contribution in [3.63, 3.8) is 0 Å². The number of hydrogen-bond acceptors (Lipinski definition) is 2. The highest BCUT2D eigenvalue weighted by Gasteiger charge is 1.86. The number of carbonyl (C=O) groups is 1. The van der Waals surface area contributed by atoms with Gasteiger partial charge in [0.2, 0.25) is 0 Å². The minimum atomic E-state index is -1.04. The summed E-state index contributed by atoms with van der Waals surface area (Å²) < 4.78 is 0. The SMILES string of the molecule is CC(=O)C(C)[O-]. The van der Waals surface area contributed by atoms with Crippen molar-refractivity contribution < 1.29 is 9.90 Å². The molecule has 0 radical (unpaired) electrons. The zero-order valence-electron chi connectivity index (χ0n) is 3.89. The average molecular weight is 87.1 g/mol. The van der Waals surface area contributed by atoms with Crippen LogP contribution in [0.5, 0.6) is 0 Å². The Kier molecular flexibility index (Phi) is 1.81. The van der Waals surface area contributed by atoms with Gasteiger partial charge in [-0.25, -0.2) is 0 Å². The normalized spacial score (nSPS) is 13.8. The second kappa shape index (κ2) is 1.92. The molecule has 6 heavy (non-hydrogen) atoms. The summed E-state index contributed by atoms with van der Waals surface area (Å²) in [6.07, 6.45) is -1.04. The summed E-state index contributed by atoms with van der Waals surface area (Å²) >= 11 is 0. The molecule has 0 aliphatic rings. The zero-order valence-corrected chi connectivity index (χ0v) is 3.89. The van der Waals surface area contributed by atoms with E-state index in [0.29, 0.717) is 0 Å². The molecule has 0 N–H and O–H groups in total. The Morgan fingerprint density at radius 3 is 2.00 bits per heavy atom. The van der Waals surface area contributed by atoms with E-state index in [1.165, 1.54) is 13.8 Å². The smallest absolute Gasteiger partial charge is 0.116 e. The molecule has 2 nitrogen and oxygen atoms in total. The van der Waals surface area contributed by atoms with Crippen molar-refractivity contribution in [2.24, 2.45) is 0 Å². The summed E-state index contributed by atoms with van der Waals surface area (Å²) in [7, 11) is 0. The van der Waals surface area contributed by atoms with Crippen LogP contribution in [0.4, 0.5) is 0 Å². The van der Waals surface area contributed by atoms with Crippen molar-refractivity contribution in [2.75, 3.05) is 0 Å². The van der Waals surface area contributed by atoms with Crippen molar-refractivity contribution >= 4 is 5.78 Å². The number of ketones is 1. The summed E-state index contributed by atoms with van der Waals surface area (Å²) in [6, 6.07) is 0. The summed E-state index contributed by atoms with van der Waals surface area (Å²) in [5.74, 6) is -0.296. The van der Waals surface area contributed by atoms with Gasteiger partial charge in [-0.15, -0.1) is 0 Å². The van der Waals surface area contributed by atoms with E-state index >= 15 is 0 Å². The number of carbonyl (C=O) groups excluding carboxylic acids is 1. The maximum absolute atomic E-state index is 9.88. The minimum Gasteiger partial charge on any atom is -0.847 e. The summed E-state index contributed by atoms with van der Waals surface area (Å²) in [6.45, 7) is 2.62. The van der Waals surface area contributed by atoms with E-state index in [-0.39, 0.29) is 5.78 Å². The third kappa shape index (κ3) is 1.91. The largest absolute Gasteiger partial charge is 0.847 e. The summed E-state index contributed by atoms with van der Waals surface area (Å²) in [4.78, 5) is 9.83. The van der Waals surface area contributed by atoms with Crippen LogP contribution in [0.25, 0.3) is 0 Å². The van der Waals surface area contributed by atoms with Crippen molar-refractivity contribution in [1.82, 2.24) is 0 Å². The van der Waals surface area contributed by atoms with E-state index in [1.807, 2.05) is 0 Å². The van der Waals surface area contributed by atoms with Gasteiger partial charge < -0.3 is 9.90 Å². The molecule has 0 heterocycles. The van der Waals surface area contributed by atoms with E-state index in [9.17, 15) is 9.90 Å². The molecule has 1 atom stereocenters. The molecule has 0 bridgehead atoms. The highest BCUT2D eigenvalue weighted by Crippen LogP contribution is 1.71. The first-order valence-corrected chi connectivity index (χ1v) is 1.81. The van der Waals surface area contributed by atoms with Crippen molar-refractivity contribution in [2.45, 2.75) is 20.0 Å². The van der Waals surface area contributed by atoms with Gasteiger partial charge in [0.25, 0.3) is 0 Å². The van der Waals surface area contributed by atoms with Crippen LogP contribution in [0, 0.1) is 0 Å². The van der Waals surface area contributed by atoms with Crippen molar-refractivity contribution in [3.05, 3.63) is 0 Å². The Morgan fingerprint density at radius 1 is 1.83 bits per heavy atom. The number of Topliss-reactive ketones (excluding diaryl/α,β-unsaturated/α-hetero) is 1. The first-order valence-electron chi connectivity index (χ1n) is 1.81. The topological polar surface area (TPSA) is 40.1 Å². The Bertz CT molecular complexity index is 56.6. The lowest BCUT2D eigenvalue weighted by Gasteiger charge is -2.08. The molecule has 0 aromatic heterocycles. The Balaban J connectivity index is 3.26. The lowest BCUT2D eigenvalue weighted by atomic mass is 10.3. The van der Waals surface area contributed by atoms with Crippen molar-refractivity contribution in [1.29, 1.82) is 0 Å². The third-order valence-corrected chi connectivity index (χ3v) is 0.572. The van der Waals surface area contributed by atoms with Crippen LogP contribution >= 0.6 is 0 Å². The Morgan fingerprint density at radius 2 is 2.00 bits per heavy atom. The van der Waals surface area contributed by atoms with E-state index in [1.54, 1.807) is 0 Å². The van der Waals surface area contributed by atoms with Gasteiger partial charge in [0.05, 0.1) is 0 Å². The maximum Gasteiger partial charge on any atom is 0.116 e. The Hall–Kier alpha value is -0.370. The molecule has 0 aromatic carbocycles. The molecule has 0 saturated carbocycles. The van der Waals surface area contributed by atoms with Crippen LogP contribution in [0.15, 0.2) is 0 Å².